The highest BCUT2D eigenvalue weighted by molar-refractivity contribution is 5.97. The molecule has 6 nitrogen and oxygen atoms in total. The Morgan fingerprint density at radius 2 is 2.05 bits per heavy atom. The van der Waals surface area contributed by atoms with Gasteiger partial charge in [-0.25, -0.2) is 0 Å². The molecule has 0 aliphatic carbocycles. The van der Waals surface area contributed by atoms with Crippen molar-refractivity contribution in [3.05, 3.63) is 29.5 Å². The quantitative estimate of drug-likeness (QED) is 0.896. The van der Waals surface area contributed by atoms with E-state index in [4.69, 9.17) is 10.5 Å². The number of carbonyl (C=O) groups excluding carboxylic acids is 1. The highest BCUT2D eigenvalue weighted by Crippen LogP contribution is 2.41. The largest absolute Gasteiger partial charge is 0.495 e. The second kappa shape index (κ2) is 4.83. The van der Waals surface area contributed by atoms with E-state index in [2.05, 4.69) is 15.4 Å². The number of amides is 1. The van der Waals surface area contributed by atoms with Crippen LogP contribution in [0.25, 0.3) is 11.3 Å². The van der Waals surface area contributed by atoms with Gasteiger partial charge in [0.05, 0.1) is 12.7 Å². The minimum Gasteiger partial charge on any atom is -0.495 e. The minimum absolute atomic E-state index is 0.0233. The van der Waals surface area contributed by atoms with Crippen molar-refractivity contribution in [3.8, 4) is 17.0 Å². The fourth-order valence-corrected chi connectivity index (χ4v) is 1.76. The molecule has 0 fully saturated rings. The van der Waals surface area contributed by atoms with E-state index in [1.54, 1.807) is 0 Å². The molecule has 20 heavy (non-hydrogen) atoms. The van der Waals surface area contributed by atoms with Gasteiger partial charge in [0.2, 0.25) is 0 Å². The number of nitrogens with one attached hydrogen (secondary N) is 1. The number of rotatable bonds is 3. The molecule has 0 radical (unpaired) electrons. The van der Waals surface area contributed by atoms with Gasteiger partial charge in [-0.15, -0.1) is 0 Å². The summed E-state index contributed by atoms with van der Waals surface area (Å²) in [6.07, 6.45) is -4.60. The third-order valence-corrected chi connectivity index (χ3v) is 2.56. The molecule has 1 aromatic carbocycles. The van der Waals surface area contributed by atoms with Crippen LogP contribution in [0.5, 0.6) is 5.75 Å². The average Bonchev–Trinajstić information content (AvgIpc) is 2.85. The number of ether oxygens (including phenoxy) is 1. The predicted molar refractivity (Wildman–Crippen MR) is 61.9 cm³/mol. The molecule has 3 N–H and O–H groups in total. The van der Waals surface area contributed by atoms with Crippen LogP contribution in [-0.4, -0.2) is 28.4 Å². The van der Waals surface area contributed by atoms with Crippen molar-refractivity contribution in [3.63, 3.8) is 0 Å². The van der Waals surface area contributed by atoms with Crippen molar-refractivity contribution >= 4 is 5.91 Å². The Kier molecular flexibility index (Phi) is 3.35. The molecule has 1 amide bonds. The van der Waals surface area contributed by atoms with Crippen molar-refractivity contribution < 1.29 is 22.7 Å². The highest BCUT2D eigenvalue weighted by atomic mass is 19.4. The van der Waals surface area contributed by atoms with Crippen molar-refractivity contribution in [2.24, 2.45) is 5.73 Å². The van der Waals surface area contributed by atoms with E-state index in [1.165, 1.54) is 12.1 Å². The maximum Gasteiger partial charge on any atom is 0.419 e. The number of hydrogen-bond acceptors (Lipinski definition) is 4. The van der Waals surface area contributed by atoms with Gasteiger partial charge in [0, 0.05) is 5.56 Å². The zero-order chi connectivity index (χ0) is 14.9. The normalized spacial score (nSPS) is 11.4. The van der Waals surface area contributed by atoms with Crippen LogP contribution in [0.15, 0.2) is 18.2 Å². The maximum absolute atomic E-state index is 12.9. The Hall–Kier alpha value is -2.58. The van der Waals surface area contributed by atoms with Crippen LogP contribution < -0.4 is 10.5 Å². The molecule has 0 aliphatic rings. The Morgan fingerprint density at radius 3 is 2.60 bits per heavy atom. The molecule has 0 atom stereocenters. The van der Waals surface area contributed by atoms with Gasteiger partial charge in [-0.1, -0.05) is 6.07 Å². The van der Waals surface area contributed by atoms with E-state index in [1.807, 2.05) is 0 Å². The number of H-pyrrole nitrogens is 1. The first-order chi connectivity index (χ1) is 9.36. The Labute approximate surface area is 110 Å². The van der Waals surface area contributed by atoms with E-state index in [0.29, 0.717) is 0 Å². The summed E-state index contributed by atoms with van der Waals surface area (Å²) in [6, 6.07) is 3.38. The summed E-state index contributed by atoms with van der Waals surface area (Å²) in [7, 11) is 1.10. The summed E-state index contributed by atoms with van der Waals surface area (Å²) in [5.74, 6) is -1.36. The molecule has 0 bridgehead atoms. The van der Waals surface area contributed by atoms with Gasteiger partial charge in [-0.2, -0.15) is 28.6 Å². The molecular weight excluding hydrogens is 277 g/mol. The van der Waals surface area contributed by atoms with Crippen LogP contribution in [0.2, 0.25) is 0 Å². The summed E-state index contributed by atoms with van der Waals surface area (Å²) in [5, 5.41) is 9.32. The first-order valence-electron chi connectivity index (χ1n) is 5.31. The van der Waals surface area contributed by atoms with Gasteiger partial charge in [0.25, 0.3) is 5.91 Å². The fourth-order valence-electron chi connectivity index (χ4n) is 1.76. The second-order valence-electron chi connectivity index (χ2n) is 3.77. The van der Waals surface area contributed by atoms with E-state index < -0.39 is 23.4 Å². The summed E-state index contributed by atoms with van der Waals surface area (Å²) < 4.78 is 43.5. The number of nitrogens with zero attached hydrogens (tertiary/aromatic N) is 2. The van der Waals surface area contributed by atoms with E-state index in [-0.39, 0.29) is 17.0 Å². The van der Waals surface area contributed by atoms with Crippen molar-refractivity contribution in [1.29, 1.82) is 0 Å². The molecule has 0 saturated heterocycles. The number of aromatic amines is 1. The number of carbonyl (C=O) groups is 1. The first kappa shape index (κ1) is 13.8. The van der Waals surface area contributed by atoms with Crippen LogP contribution in [0.4, 0.5) is 13.2 Å². The van der Waals surface area contributed by atoms with Crippen LogP contribution >= 0.6 is 0 Å². The zero-order valence-electron chi connectivity index (χ0n) is 10.2. The third kappa shape index (κ3) is 2.29. The molecule has 9 heteroatoms. The molecule has 2 rings (SSSR count). The molecular formula is C11H9F3N4O2. The summed E-state index contributed by atoms with van der Waals surface area (Å²) >= 11 is 0. The van der Waals surface area contributed by atoms with E-state index in [0.717, 1.165) is 13.2 Å². The Balaban J connectivity index is 2.69. The van der Waals surface area contributed by atoms with Crippen LogP contribution in [-0.2, 0) is 6.18 Å². The molecule has 0 spiro atoms. The van der Waals surface area contributed by atoms with Gasteiger partial charge in [0.15, 0.2) is 5.69 Å². The van der Waals surface area contributed by atoms with Gasteiger partial charge in [-0.05, 0) is 12.1 Å². The number of hydrogen-bond donors (Lipinski definition) is 2. The smallest absolute Gasteiger partial charge is 0.419 e. The van der Waals surface area contributed by atoms with Crippen LogP contribution in [0.1, 0.15) is 16.1 Å². The topological polar surface area (TPSA) is 93.9 Å². The number of aromatic nitrogens is 3. The predicted octanol–water partition coefficient (Wildman–Crippen LogP) is 1.60. The fraction of sp³-hybridized carbons (Fsp3) is 0.182. The second-order valence-corrected chi connectivity index (χ2v) is 3.77. The number of nitrogens with two attached hydrogens (primary N) is 1. The van der Waals surface area contributed by atoms with Crippen molar-refractivity contribution in [2.45, 2.75) is 6.18 Å². The first-order valence-corrected chi connectivity index (χ1v) is 5.31. The molecule has 2 aromatic rings. The van der Waals surface area contributed by atoms with Crippen molar-refractivity contribution in [2.75, 3.05) is 7.11 Å². The van der Waals surface area contributed by atoms with Crippen LogP contribution in [0, 0.1) is 0 Å². The van der Waals surface area contributed by atoms with Gasteiger partial charge >= 0.3 is 6.18 Å². The molecule has 106 valence electrons. The van der Waals surface area contributed by atoms with Gasteiger partial charge in [0.1, 0.15) is 11.4 Å². The number of methoxy groups -OCH3 is 1. The van der Waals surface area contributed by atoms with Gasteiger partial charge in [-0.3, -0.25) is 4.79 Å². The molecule has 1 aromatic heterocycles. The Morgan fingerprint density at radius 1 is 1.35 bits per heavy atom. The lowest BCUT2D eigenvalue weighted by Gasteiger charge is -2.14. The molecule has 0 saturated carbocycles. The summed E-state index contributed by atoms with van der Waals surface area (Å²) in [6.45, 7) is 0. The van der Waals surface area contributed by atoms with Crippen molar-refractivity contribution in [1.82, 2.24) is 15.4 Å². The number of alkyl halides is 3. The monoisotopic (exact) mass is 286 g/mol. The zero-order valence-corrected chi connectivity index (χ0v) is 10.2. The summed E-state index contributed by atoms with van der Waals surface area (Å²) in [4.78, 5) is 11.2. The average molecular weight is 286 g/mol. The molecule has 0 unspecified atom stereocenters. The lowest BCUT2D eigenvalue weighted by molar-refractivity contribution is -0.138. The van der Waals surface area contributed by atoms with E-state index >= 15 is 0 Å². The molecule has 1 heterocycles. The third-order valence-electron chi connectivity index (χ3n) is 2.56. The maximum atomic E-state index is 12.9. The number of para-hydroxylation sites is 1. The lowest BCUT2D eigenvalue weighted by atomic mass is 10.0. The summed E-state index contributed by atoms with van der Waals surface area (Å²) in [5.41, 5.74) is 3.73. The van der Waals surface area contributed by atoms with E-state index in [9.17, 15) is 18.0 Å². The highest BCUT2D eigenvalue weighted by Gasteiger charge is 2.36. The number of benzene rings is 1. The number of primary amides is 1. The Bertz CT molecular complexity index is 651. The van der Waals surface area contributed by atoms with Gasteiger partial charge < -0.3 is 10.5 Å². The SMILES string of the molecule is COc1c(-c2n[nH]nc2C(N)=O)cccc1C(F)(F)F. The molecule has 0 aliphatic heterocycles. The van der Waals surface area contributed by atoms with Crippen LogP contribution in [0.3, 0.4) is 0 Å². The number of halogens is 3. The standard InChI is InChI=1S/C11H9F3N4O2/c1-20-9-5(3-2-4-6(9)11(12,13)14)7-8(10(15)19)17-18-16-7/h2-4H,1H3,(H2,15,19)(H,16,17,18). The minimum atomic E-state index is -4.60. The lowest BCUT2D eigenvalue weighted by Crippen LogP contribution is -2.13.